The standard InChI is InChI=1S/C17H24N2O3/c1-12-4-5-15(13(2)10-12)19(14(3)20)11-17(16(21)22)6-8-18-9-7-17/h4-5,10,18H,6-9,11H2,1-3H3,(H,21,22). The first-order valence-corrected chi connectivity index (χ1v) is 7.65. The Morgan fingerprint density at radius 3 is 2.41 bits per heavy atom. The van der Waals surface area contributed by atoms with Gasteiger partial charge in [-0.25, -0.2) is 0 Å². The van der Waals surface area contributed by atoms with E-state index < -0.39 is 11.4 Å². The number of hydrogen-bond acceptors (Lipinski definition) is 3. The summed E-state index contributed by atoms with van der Waals surface area (Å²) in [5, 5.41) is 12.9. The van der Waals surface area contributed by atoms with Crippen LogP contribution in [0.15, 0.2) is 18.2 Å². The molecule has 22 heavy (non-hydrogen) atoms. The van der Waals surface area contributed by atoms with Gasteiger partial charge >= 0.3 is 5.97 Å². The van der Waals surface area contributed by atoms with E-state index in [1.165, 1.54) is 6.92 Å². The van der Waals surface area contributed by atoms with Crippen molar-refractivity contribution in [2.75, 3.05) is 24.5 Å². The second-order valence-corrected chi connectivity index (χ2v) is 6.23. The van der Waals surface area contributed by atoms with Crippen molar-refractivity contribution in [3.05, 3.63) is 29.3 Å². The number of piperidine rings is 1. The summed E-state index contributed by atoms with van der Waals surface area (Å²) in [6.07, 6.45) is 1.08. The summed E-state index contributed by atoms with van der Waals surface area (Å²) in [5.74, 6) is -0.934. The Labute approximate surface area is 131 Å². The molecule has 5 heteroatoms. The largest absolute Gasteiger partial charge is 0.481 e. The van der Waals surface area contributed by atoms with Crippen LogP contribution >= 0.6 is 0 Å². The zero-order chi connectivity index (χ0) is 16.3. The van der Waals surface area contributed by atoms with E-state index in [4.69, 9.17) is 0 Å². The molecular weight excluding hydrogens is 280 g/mol. The first kappa shape index (κ1) is 16.5. The molecule has 0 aromatic heterocycles. The third-order valence-electron chi connectivity index (χ3n) is 4.50. The summed E-state index contributed by atoms with van der Waals surface area (Å²) in [6.45, 7) is 7.02. The Kier molecular flexibility index (Phi) is 4.86. The molecule has 2 rings (SSSR count). The van der Waals surface area contributed by atoms with Crippen molar-refractivity contribution in [2.24, 2.45) is 5.41 Å². The van der Waals surface area contributed by atoms with Crippen LogP contribution in [0.5, 0.6) is 0 Å². The Bertz CT molecular complexity index is 577. The Morgan fingerprint density at radius 2 is 1.91 bits per heavy atom. The number of carboxylic acids is 1. The van der Waals surface area contributed by atoms with E-state index in [2.05, 4.69) is 5.32 Å². The number of nitrogens with zero attached hydrogens (tertiary/aromatic N) is 1. The normalized spacial score (nSPS) is 17.0. The van der Waals surface area contributed by atoms with E-state index in [1.54, 1.807) is 4.90 Å². The third-order valence-corrected chi connectivity index (χ3v) is 4.50. The minimum atomic E-state index is -0.867. The zero-order valence-corrected chi connectivity index (χ0v) is 13.5. The van der Waals surface area contributed by atoms with Crippen molar-refractivity contribution in [2.45, 2.75) is 33.6 Å². The molecule has 5 nitrogen and oxygen atoms in total. The fourth-order valence-corrected chi connectivity index (χ4v) is 3.12. The van der Waals surface area contributed by atoms with Crippen molar-refractivity contribution >= 4 is 17.6 Å². The zero-order valence-electron chi connectivity index (χ0n) is 13.5. The monoisotopic (exact) mass is 304 g/mol. The lowest BCUT2D eigenvalue weighted by Crippen LogP contribution is -2.50. The fraction of sp³-hybridized carbons (Fsp3) is 0.529. The van der Waals surface area contributed by atoms with E-state index >= 15 is 0 Å². The number of carbonyl (C=O) groups excluding carboxylic acids is 1. The third kappa shape index (κ3) is 3.30. The van der Waals surface area contributed by atoms with Gasteiger partial charge in [-0.2, -0.15) is 0 Å². The van der Waals surface area contributed by atoms with Crippen LogP contribution in [0.3, 0.4) is 0 Å². The highest BCUT2D eigenvalue weighted by atomic mass is 16.4. The topological polar surface area (TPSA) is 69.6 Å². The second kappa shape index (κ2) is 6.48. The van der Waals surface area contributed by atoms with E-state index in [0.29, 0.717) is 25.9 Å². The molecule has 1 aliphatic heterocycles. The molecule has 0 spiro atoms. The molecule has 0 unspecified atom stereocenters. The molecule has 2 N–H and O–H groups in total. The van der Waals surface area contributed by atoms with Gasteiger partial charge in [-0.15, -0.1) is 0 Å². The molecule has 1 fully saturated rings. The predicted octanol–water partition coefficient (Wildman–Crippen LogP) is 2.11. The summed E-state index contributed by atoms with van der Waals surface area (Å²) in [4.78, 5) is 25.6. The molecular formula is C17H24N2O3. The molecule has 0 saturated carbocycles. The Balaban J connectivity index is 2.35. The van der Waals surface area contributed by atoms with Crippen LogP contribution in [0.25, 0.3) is 0 Å². The van der Waals surface area contributed by atoms with Crippen molar-refractivity contribution in [1.82, 2.24) is 5.32 Å². The van der Waals surface area contributed by atoms with Gasteiger partial charge in [-0.05, 0) is 51.4 Å². The number of nitrogens with one attached hydrogen (secondary N) is 1. The first-order chi connectivity index (χ1) is 10.4. The minimum absolute atomic E-state index is 0.119. The van der Waals surface area contributed by atoms with Gasteiger partial charge in [-0.1, -0.05) is 17.7 Å². The second-order valence-electron chi connectivity index (χ2n) is 6.23. The molecule has 0 aliphatic carbocycles. The summed E-state index contributed by atoms with van der Waals surface area (Å²) < 4.78 is 0. The van der Waals surface area contributed by atoms with Gasteiger partial charge in [0.1, 0.15) is 0 Å². The highest BCUT2D eigenvalue weighted by molar-refractivity contribution is 5.93. The number of hydrogen-bond donors (Lipinski definition) is 2. The van der Waals surface area contributed by atoms with Crippen LogP contribution in [-0.4, -0.2) is 36.6 Å². The molecule has 1 saturated heterocycles. The Morgan fingerprint density at radius 1 is 1.27 bits per heavy atom. The summed E-state index contributed by atoms with van der Waals surface area (Å²) in [7, 11) is 0. The van der Waals surface area contributed by atoms with E-state index in [-0.39, 0.29) is 12.5 Å². The fourth-order valence-electron chi connectivity index (χ4n) is 3.12. The van der Waals surface area contributed by atoms with Gasteiger partial charge in [0.25, 0.3) is 0 Å². The highest BCUT2D eigenvalue weighted by Gasteiger charge is 2.42. The predicted molar refractivity (Wildman–Crippen MR) is 86.1 cm³/mol. The van der Waals surface area contributed by atoms with Crippen LogP contribution in [0, 0.1) is 19.3 Å². The summed E-state index contributed by atoms with van der Waals surface area (Å²) >= 11 is 0. The Hall–Kier alpha value is -1.88. The van der Waals surface area contributed by atoms with E-state index in [1.807, 2.05) is 32.0 Å². The van der Waals surface area contributed by atoms with Gasteiger partial charge in [0.15, 0.2) is 0 Å². The summed E-state index contributed by atoms with van der Waals surface area (Å²) in [6, 6.07) is 5.87. The van der Waals surface area contributed by atoms with E-state index in [0.717, 1.165) is 16.8 Å². The molecule has 1 aromatic carbocycles. The van der Waals surface area contributed by atoms with Gasteiger partial charge in [0, 0.05) is 19.2 Å². The molecule has 0 atom stereocenters. The number of aliphatic carboxylic acids is 1. The van der Waals surface area contributed by atoms with Crippen LogP contribution in [-0.2, 0) is 9.59 Å². The molecule has 0 bridgehead atoms. The van der Waals surface area contributed by atoms with Gasteiger partial charge < -0.3 is 15.3 Å². The quantitative estimate of drug-likeness (QED) is 0.894. The maximum atomic E-state index is 12.1. The molecule has 1 amide bonds. The van der Waals surface area contributed by atoms with Gasteiger partial charge in [-0.3, -0.25) is 9.59 Å². The number of anilines is 1. The lowest BCUT2D eigenvalue weighted by molar-refractivity contribution is -0.150. The van der Waals surface area contributed by atoms with Crippen molar-refractivity contribution in [1.29, 1.82) is 0 Å². The number of benzene rings is 1. The highest BCUT2D eigenvalue weighted by Crippen LogP contribution is 2.33. The number of amides is 1. The minimum Gasteiger partial charge on any atom is -0.481 e. The maximum Gasteiger partial charge on any atom is 0.311 e. The van der Waals surface area contributed by atoms with Crippen LogP contribution in [0.4, 0.5) is 5.69 Å². The molecule has 1 heterocycles. The maximum absolute atomic E-state index is 12.1. The number of aryl methyl sites for hydroxylation is 2. The SMILES string of the molecule is CC(=O)N(CC1(C(=O)O)CCNCC1)c1ccc(C)cc1C. The molecule has 1 aromatic rings. The molecule has 1 aliphatic rings. The van der Waals surface area contributed by atoms with Crippen molar-refractivity contribution < 1.29 is 14.7 Å². The average Bonchev–Trinajstić information content (AvgIpc) is 2.46. The first-order valence-electron chi connectivity index (χ1n) is 7.65. The van der Waals surface area contributed by atoms with Crippen molar-refractivity contribution in [3.8, 4) is 0 Å². The van der Waals surface area contributed by atoms with Crippen LogP contribution in [0.1, 0.15) is 30.9 Å². The number of rotatable bonds is 4. The van der Waals surface area contributed by atoms with Crippen LogP contribution < -0.4 is 10.2 Å². The smallest absolute Gasteiger partial charge is 0.311 e. The number of carboxylic acid groups (broad SMARTS) is 1. The molecule has 120 valence electrons. The molecule has 0 radical (unpaired) electrons. The summed E-state index contributed by atoms with van der Waals surface area (Å²) in [5.41, 5.74) is 2.05. The number of carbonyl (C=O) groups is 2. The van der Waals surface area contributed by atoms with Crippen molar-refractivity contribution in [3.63, 3.8) is 0 Å². The average molecular weight is 304 g/mol. The van der Waals surface area contributed by atoms with Crippen LogP contribution in [0.2, 0.25) is 0 Å². The lowest BCUT2D eigenvalue weighted by Gasteiger charge is -2.38. The van der Waals surface area contributed by atoms with Gasteiger partial charge in [0.05, 0.1) is 5.41 Å². The van der Waals surface area contributed by atoms with E-state index in [9.17, 15) is 14.7 Å². The van der Waals surface area contributed by atoms with Gasteiger partial charge in [0.2, 0.25) is 5.91 Å². The lowest BCUT2D eigenvalue weighted by atomic mass is 9.78.